The monoisotopic (exact) mass is 413 g/mol. The third-order valence-corrected chi connectivity index (χ3v) is 6.08. The van der Waals surface area contributed by atoms with Crippen molar-refractivity contribution < 1.29 is 9.59 Å². The Kier molecular flexibility index (Phi) is 4.84. The Hall–Kier alpha value is -2.10. The molecule has 0 aromatic heterocycles. The molecule has 5 heteroatoms. The van der Waals surface area contributed by atoms with Crippen molar-refractivity contribution in [1.29, 1.82) is 0 Å². The van der Waals surface area contributed by atoms with Gasteiger partial charge in [-0.3, -0.25) is 14.5 Å². The summed E-state index contributed by atoms with van der Waals surface area (Å²) in [5.74, 6) is -0.185. The lowest BCUT2D eigenvalue weighted by Crippen LogP contribution is -2.43. The predicted molar refractivity (Wildman–Crippen MR) is 113 cm³/mol. The summed E-state index contributed by atoms with van der Waals surface area (Å²) in [7, 11) is 0. The number of anilines is 1. The van der Waals surface area contributed by atoms with E-state index in [-0.39, 0.29) is 29.4 Å². The van der Waals surface area contributed by atoms with Gasteiger partial charge in [0.25, 0.3) is 0 Å². The van der Waals surface area contributed by atoms with E-state index in [1.54, 1.807) is 23.1 Å². The number of carbonyl (C=O) groups excluding carboxylic acids is 2. The molecule has 2 aliphatic rings. The van der Waals surface area contributed by atoms with E-state index in [9.17, 15) is 9.59 Å². The molecule has 1 heterocycles. The summed E-state index contributed by atoms with van der Waals surface area (Å²) in [6, 6.07) is 14.7. The van der Waals surface area contributed by atoms with E-state index in [0.717, 1.165) is 16.8 Å². The molecule has 3 nitrogen and oxygen atoms in total. The Morgan fingerprint density at radius 3 is 2.32 bits per heavy atom. The molecule has 0 fully saturated rings. The number of nitrogens with zero attached hydrogens (tertiary/aromatic N) is 1. The number of hydrogen-bond donors (Lipinski definition) is 0. The summed E-state index contributed by atoms with van der Waals surface area (Å²) in [6.45, 7) is 4.13. The second-order valence-corrected chi connectivity index (χ2v) is 9.13. The van der Waals surface area contributed by atoms with Crippen molar-refractivity contribution >= 4 is 40.6 Å². The van der Waals surface area contributed by atoms with Crippen molar-refractivity contribution in [3.63, 3.8) is 0 Å². The van der Waals surface area contributed by atoms with Gasteiger partial charge in [-0.2, -0.15) is 0 Å². The third kappa shape index (κ3) is 3.38. The first kappa shape index (κ1) is 19.2. The summed E-state index contributed by atoms with van der Waals surface area (Å²) in [4.78, 5) is 28.1. The lowest BCUT2D eigenvalue weighted by molar-refractivity contribution is -0.121. The van der Waals surface area contributed by atoms with E-state index in [4.69, 9.17) is 23.2 Å². The quantitative estimate of drug-likeness (QED) is 0.591. The molecule has 0 saturated carbocycles. The molecule has 1 aliphatic heterocycles. The number of ketones is 1. The molecule has 1 atom stereocenters. The maximum absolute atomic E-state index is 13.3. The zero-order valence-electron chi connectivity index (χ0n) is 15.8. The fourth-order valence-corrected chi connectivity index (χ4v) is 4.65. The molecule has 1 amide bonds. The smallest absolute Gasteiger partial charge is 0.232 e. The number of allylic oxidation sites excluding steroid dienone is 2. The fourth-order valence-electron chi connectivity index (χ4n) is 4.31. The van der Waals surface area contributed by atoms with Crippen LogP contribution in [0.4, 0.5) is 5.69 Å². The van der Waals surface area contributed by atoms with Gasteiger partial charge < -0.3 is 0 Å². The molecule has 0 radical (unpaired) electrons. The number of para-hydroxylation sites is 1. The predicted octanol–water partition coefficient (Wildman–Crippen LogP) is 6.16. The SMILES string of the molecule is CC1(C)CC(=O)C2=C(C1)N(c1ccccc1Cl)C(=O)CC2c1ccc(Cl)cc1. The van der Waals surface area contributed by atoms with Crippen molar-refractivity contribution in [3.05, 3.63) is 75.4 Å². The summed E-state index contributed by atoms with van der Waals surface area (Å²) in [5, 5.41) is 1.14. The van der Waals surface area contributed by atoms with Crippen LogP contribution < -0.4 is 4.90 Å². The van der Waals surface area contributed by atoms with Gasteiger partial charge in [0, 0.05) is 35.1 Å². The number of rotatable bonds is 2. The highest BCUT2D eigenvalue weighted by Crippen LogP contribution is 2.49. The Morgan fingerprint density at radius 1 is 0.964 bits per heavy atom. The Bertz CT molecular complexity index is 992. The maximum Gasteiger partial charge on any atom is 0.232 e. The molecule has 0 saturated heterocycles. The zero-order chi connectivity index (χ0) is 20.1. The minimum absolute atomic E-state index is 0.0442. The molecular formula is C23H21Cl2NO2. The van der Waals surface area contributed by atoms with Gasteiger partial charge in [-0.15, -0.1) is 0 Å². The average molecular weight is 414 g/mol. The molecule has 1 unspecified atom stereocenters. The third-order valence-electron chi connectivity index (χ3n) is 5.51. The van der Waals surface area contributed by atoms with Crippen LogP contribution in [0.25, 0.3) is 0 Å². The first-order valence-electron chi connectivity index (χ1n) is 9.36. The van der Waals surface area contributed by atoms with Gasteiger partial charge in [0.05, 0.1) is 10.7 Å². The topological polar surface area (TPSA) is 37.4 Å². The Morgan fingerprint density at radius 2 is 1.64 bits per heavy atom. The second kappa shape index (κ2) is 7.06. The first-order valence-corrected chi connectivity index (χ1v) is 10.1. The molecule has 144 valence electrons. The highest BCUT2D eigenvalue weighted by Gasteiger charge is 2.44. The second-order valence-electron chi connectivity index (χ2n) is 8.29. The average Bonchev–Trinajstić information content (AvgIpc) is 2.62. The van der Waals surface area contributed by atoms with E-state index >= 15 is 0 Å². The van der Waals surface area contributed by atoms with E-state index in [2.05, 4.69) is 13.8 Å². The van der Waals surface area contributed by atoms with Crippen LogP contribution in [-0.2, 0) is 9.59 Å². The standard InChI is InChI=1S/C23H21Cl2NO2/c1-23(2)12-19-22(20(27)13-23)16(14-7-9-15(24)10-8-14)11-21(28)26(19)18-6-4-3-5-17(18)25/h3-10,16H,11-13H2,1-2H3. The number of halogens is 2. The van der Waals surface area contributed by atoms with Crippen LogP contribution in [0.15, 0.2) is 59.8 Å². The number of hydrogen-bond acceptors (Lipinski definition) is 2. The first-order chi connectivity index (χ1) is 13.3. The van der Waals surface area contributed by atoms with Gasteiger partial charge in [-0.25, -0.2) is 0 Å². The van der Waals surface area contributed by atoms with Crippen molar-refractivity contribution in [2.45, 2.75) is 39.0 Å². The molecule has 0 bridgehead atoms. The van der Waals surface area contributed by atoms with Crippen molar-refractivity contribution in [2.24, 2.45) is 5.41 Å². The van der Waals surface area contributed by atoms with E-state index in [1.165, 1.54) is 0 Å². The van der Waals surface area contributed by atoms with Gasteiger partial charge in [-0.1, -0.05) is 61.3 Å². The van der Waals surface area contributed by atoms with E-state index < -0.39 is 0 Å². The molecule has 0 spiro atoms. The molecule has 4 rings (SSSR count). The number of Topliss-reactive ketones (excluding diaryl/α,β-unsaturated/α-hetero) is 1. The summed E-state index contributed by atoms with van der Waals surface area (Å²) in [5.41, 5.74) is 2.89. The van der Waals surface area contributed by atoms with Crippen LogP contribution in [-0.4, -0.2) is 11.7 Å². The Labute approximate surface area is 174 Å². The van der Waals surface area contributed by atoms with Crippen LogP contribution in [0.2, 0.25) is 10.0 Å². The summed E-state index contributed by atoms with van der Waals surface area (Å²) >= 11 is 12.5. The molecule has 1 aliphatic carbocycles. The van der Waals surface area contributed by atoms with Crippen LogP contribution in [0.1, 0.15) is 44.6 Å². The lowest BCUT2D eigenvalue weighted by Gasteiger charge is -2.43. The van der Waals surface area contributed by atoms with Gasteiger partial charge >= 0.3 is 0 Å². The molecule has 28 heavy (non-hydrogen) atoms. The maximum atomic E-state index is 13.3. The number of amides is 1. The molecule has 2 aromatic rings. The lowest BCUT2D eigenvalue weighted by atomic mass is 9.69. The number of carbonyl (C=O) groups is 2. The largest absolute Gasteiger partial charge is 0.294 e. The van der Waals surface area contributed by atoms with Crippen LogP contribution in [0.3, 0.4) is 0 Å². The van der Waals surface area contributed by atoms with Gasteiger partial charge in [-0.05, 0) is 41.7 Å². The van der Waals surface area contributed by atoms with Gasteiger partial charge in [0.2, 0.25) is 5.91 Å². The Balaban J connectivity index is 1.91. The minimum atomic E-state index is -0.248. The van der Waals surface area contributed by atoms with E-state index in [1.807, 2.05) is 30.3 Å². The van der Waals surface area contributed by atoms with Gasteiger partial charge in [0.1, 0.15) is 0 Å². The van der Waals surface area contributed by atoms with Crippen molar-refractivity contribution in [2.75, 3.05) is 4.90 Å². The molecular weight excluding hydrogens is 393 g/mol. The molecule has 2 aromatic carbocycles. The summed E-state index contributed by atoms with van der Waals surface area (Å²) < 4.78 is 0. The van der Waals surface area contributed by atoms with Crippen molar-refractivity contribution in [3.8, 4) is 0 Å². The minimum Gasteiger partial charge on any atom is -0.294 e. The van der Waals surface area contributed by atoms with E-state index in [0.29, 0.717) is 28.6 Å². The van der Waals surface area contributed by atoms with Gasteiger partial charge in [0.15, 0.2) is 5.78 Å². The number of benzene rings is 2. The zero-order valence-corrected chi connectivity index (χ0v) is 17.3. The van der Waals surface area contributed by atoms with Crippen LogP contribution >= 0.6 is 23.2 Å². The van der Waals surface area contributed by atoms with Crippen LogP contribution in [0, 0.1) is 5.41 Å². The van der Waals surface area contributed by atoms with Crippen molar-refractivity contribution in [1.82, 2.24) is 0 Å². The highest BCUT2D eigenvalue weighted by molar-refractivity contribution is 6.34. The highest BCUT2D eigenvalue weighted by atomic mass is 35.5. The normalized spacial score (nSPS) is 21.7. The summed E-state index contributed by atoms with van der Waals surface area (Å²) in [6.07, 6.45) is 1.35. The molecule has 0 N–H and O–H groups in total. The fraction of sp³-hybridized carbons (Fsp3) is 0.304. The van der Waals surface area contributed by atoms with Crippen LogP contribution in [0.5, 0.6) is 0 Å².